The van der Waals surface area contributed by atoms with E-state index in [1.807, 2.05) is 17.0 Å². The number of rotatable bonds is 9. The van der Waals surface area contributed by atoms with E-state index in [9.17, 15) is 9.59 Å². The van der Waals surface area contributed by atoms with Gasteiger partial charge in [0.15, 0.2) is 5.78 Å². The number of carbonyl (C=O) groups excluding carboxylic acids is 2. The van der Waals surface area contributed by atoms with Gasteiger partial charge in [-0.05, 0) is 49.2 Å². The minimum absolute atomic E-state index is 0.0253. The van der Waals surface area contributed by atoms with Crippen LogP contribution in [0.3, 0.4) is 0 Å². The van der Waals surface area contributed by atoms with Crippen molar-refractivity contribution >= 4 is 11.7 Å². The summed E-state index contributed by atoms with van der Waals surface area (Å²) in [5.74, 6) is 0.942. The van der Waals surface area contributed by atoms with E-state index in [1.54, 1.807) is 31.6 Å². The fraction of sp³-hybridized carbons (Fsp3) is 0.435. The largest absolute Gasteiger partial charge is 0.497 e. The van der Waals surface area contributed by atoms with Gasteiger partial charge in [0.2, 0.25) is 5.91 Å². The number of amides is 1. The Kier molecular flexibility index (Phi) is 7.76. The van der Waals surface area contributed by atoms with Gasteiger partial charge in [-0.25, -0.2) is 0 Å². The predicted octanol–water partition coefficient (Wildman–Crippen LogP) is 2.83. The van der Waals surface area contributed by atoms with Gasteiger partial charge in [0.1, 0.15) is 5.75 Å². The average molecular weight is 396 g/mol. The Hall–Kier alpha value is -2.73. The van der Waals surface area contributed by atoms with Gasteiger partial charge >= 0.3 is 0 Å². The highest BCUT2D eigenvalue weighted by Crippen LogP contribution is 2.15. The van der Waals surface area contributed by atoms with Gasteiger partial charge in [-0.15, -0.1) is 0 Å². The molecule has 2 heterocycles. The molecule has 3 rings (SSSR count). The molecule has 6 heteroatoms. The third kappa shape index (κ3) is 6.39. The lowest BCUT2D eigenvalue weighted by atomic mass is 10.1. The normalized spacial score (nSPS) is 14.6. The van der Waals surface area contributed by atoms with Crippen LogP contribution < -0.4 is 4.74 Å². The van der Waals surface area contributed by atoms with Crippen molar-refractivity contribution in [3.8, 4) is 5.75 Å². The maximum atomic E-state index is 12.4. The van der Waals surface area contributed by atoms with Crippen LogP contribution in [0.4, 0.5) is 0 Å². The molecule has 1 saturated heterocycles. The molecule has 1 fully saturated rings. The van der Waals surface area contributed by atoms with Crippen molar-refractivity contribution in [1.29, 1.82) is 0 Å². The highest BCUT2D eigenvalue weighted by atomic mass is 16.5. The maximum absolute atomic E-state index is 12.4. The second-order valence-electron chi connectivity index (χ2n) is 7.34. The summed E-state index contributed by atoms with van der Waals surface area (Å²) in [6, 6.07) is 11.7. The van der Waals surface area contributed by atoms with E-state index in [0.29, 0.717) is 5.56 Å². The van der Waals surface area contributed by atoms with Crippen LogP contribution in [0.5, 0.6) is 5.75 Å². The average Bonchev–Trinajstić information content (AvgIpc) is 2.78. The molecule has 1 amide bonds. The van der Waals surface area contributed by atoms with Crippen LogP contribution in [0, 0.1) is 0 Å². The summed E-state index contributed by atoms with van der Waals surface area (Å²) in [6.07, 6.45) is 5.80. The lowest BCUT2D eigenvalue weighted by Gasteiger charge is -2.34. The minimum Gasteiger partial charge on any atom is -0.497 e. The summed E-state index contributed by atoms with van der Waals surface area (Å²) in [5, 5.41) is 0. The monoisotopic (exact) mass is 395 g/mol. The molecule has 0 saturated carbocycles. The first-order chi connectivity index (χ1) is 14.2. The van der Waals surface area contributed by atoms with Crippen molar-refractivity contribution in [1.82, 2.24) is 14.8 Å². The van der Waals surface area contributed by atoms with Crippen LogP contribution in [0.15, 0.2) is 48.8 Å². The van der Waals surface area contributed by atoms with E-state index in [4.69, 9.17) is 4.74 Å². The number of ether oxygens (including phenoxy) is 1. The fourth-order valence-corrected chi connectivity index (χ4v) is 3.61. The lowest BCUT2D eigenvalue weighted by Crippen LogP contribution is -2.48. The molecule has 0 unspecified atom stereocenters. The molecular formula is C23H29N3O3. The van der Waals surface area contributed by atoms with Crippen LogP contribution >= 0.6 is 0 Å². The van der Waals surface area contributed by atoms with Gasteiger partial charge in [0.25, 0.3) is 0 Å². The number of ketones is 1. The molecule has 0 spiro atoms. The molecule has 2 aromatic rings. The Bertz CT molecular complexity index is 802. The molecule has 1 aromatic carbocycles. The van der Waals surface area contributed by atoms with E-state index in [-0.39, 0.29) is 24.5 Å². The molecule has 0 radical (unpaired) electrons. The number of benzene rings is 1. The van der Waals surface area contributed by atoms with Crippen molar-refractivity contribution in [2.24, 2.45) is 0 Å². The topological polar surface area (TPSA) is 62.7 Å². The number of carbonyl (C=O) groups is 2. The molecule has 0 atom stereocenters. The van der Waals surface area contributed by atoms with Gasteiger partial charge < -0.3 is 9.64 Å². The molecule has 154 valence electrons. The number of methoxy groups -OCH3 is 1. The fourth-order valence-electron chi connectivity index (χ4n) is 3.61. The predicted molar refractivity (Wildman–Crippen MR) is 112 cm³/mol. The minimum atomic E-state index is -0.0253. The van der Waals surface area contributed by atoms with Crippen LogP contribution in [-0.2, 0) is 11.2 Å². The Labute approximate surface area is 172 Å². The van der Waals surface area contributed by atoms with Crippen molar-refractivity contribution in [2.45, 2.75) is 25.7 Å². The van der Waals surface area contributed by atoms with Gasteiger partial charge in [-0.2, -0.15) is 0 Å². The van der Waals surface area contributed by atoms with E-state index in [0.717, 1.165) is 51.3 Å². The van der Waals surface area contributed by atoms with E-state index < -0.39 is 0 Å². The summed E-state index contributed by atoms with van der Waals surface area (Å²) in [7, 11) is 1.69. The standard InChI is InChI=1S/C23H29N3O3/c1-29-21-8-2-5-19(17-21)6-4-12-25-13-15-26(16-14-25)23(28)10-9-22(27)20-7-3-11-24-18-20/h2-3,5,7-8,11,17-18H,4,6,9-10,12-16H2,1H3. The van der Waals surface area contributed by atoms with Gasteiger partial charge in [0.05, 0.1) is 7.11 Å². The molecule has 1 aliphatic heterocycles. The van der Waals surface area contributed by atoms with Crippen LogP contribution in [-0.4, -0.2) is 66.3 Å². The summed E-state index contributed by atoms with van der Waals surface area (Å²) < 4.78 is 5.27. The van der Waals surface area contributed by atoms with Crippen molar-refractivity contribution in [2.75, 3.05) is 39.8 Å². The number of hydrogen-bond donors (Lipinski definition) is 0. The smallest absolute Gasteiger partial charge is 0.223 e. The number of aromatic nitrogens is 1. The maximum Gasteiger partial charge on any atom is 0.223 e. The summed E-state index contributed by atoms with van der Waals surface area (Å²) in [5.41, 5.74) is 1.86. The highest BCUT2D eigenvalue weighted by Gasteiger charge is 2.21. The van der Waals surface area contributed by atoms with E-state index in [1.165, 1.54) is 5.56 Å². The molecule has 0 N–H and O–H groups in total. The number of hydrogen-bond acceptors (Lipinski definition) is 5. The summed E-state index contributed by atoms with van der Waals surface area (Å²) >= 11 is 0. The molecule has 1 aliphatic rings. The second-order valence-corrected chi connectivity index (χ2v) is 7.34. The third-order valence-corrected chi connectivity index (χ3v) is 5.35. The van der Waals surface area contributed by atoms with Gasteiger partial charge in [0, 0.05) is 57.0 Å². The first-order valence-electron chi connectivity index (χ1n) is 10.2. The van der Waals surface area contributed by atoms with Crippen molar-refractivity contribution < 1.29 is 14.3 Å². The first kappa shape index (κ1) is 21.0. The highest BCUT2D eigenvalue weighted by molar-refractivity contribution is 5.97. The second kappa shape index (κ2) is 10.7. The van der Waals surface area contributed by atoms with Gasteiger partial charge in [-0.1, -0.05) is 12.1 Å². The number of piperazine rings is 1. The quantitative estimate of drug-likeness (QED) is 0.611. The zero-order valence-electron chi connectivity index (χ0n) is 17.0. The van der Waals surface area contributed by atoms with E-state index >= 15 is 0 Å². The molecule has 6 nitrogen and oxygen atoms in total. The Morgan fingerprint density at radius 1 is 1.07 bits per heavy atom. The molecule has 0 bridgehead atoms. The number of Topliss-reactive ketones (excluding diaryl/α,β-unsaturated/α-hetero) is 1. The summed E-state index contributed by atoms with van der Waals surface area (Å²) in [6.45, 7) is 4.28. The SMILES string of the molecule is COc1cccc(CCCN2CCN(C(=O)CCC(=O)c3cccnc3)CC2)c1. The van der Waals surface area contributed by atoms with E-state index in [2.05, 4.69) is 22.0 Å². The zero-order valence-corrected chi connectivity index (χ0v) is 17.0. The van der Waals surface area contributed by atoms with Crippen LogP contribution in [0.1, 0.15) is 35.2 Å². The lowest BCUT2D eigenvalue weighted by molar-refractivity contribution is -0.132. The first-order valence-corrected chi connectivity index (χ1v) is 10.2. The van der Waals surface area contributed by atoms with Gasteiger partial charge in [-0.3, -0.25) is 19.5 Å². The molecule has 1 aromatic heterocycles. The molecular weight excluding hydrogens is 366 g/mol. The zero-order chi connectivity index (χ0) is 20.5. The molecule has 0 aliphatic carbocycles. The Morgan fingerprint density at radius 2 is 1.90 bits per heavy atom. The number of pyridine rings is 1. The van der Waals surface area contributed by atoms with Crippen molar-refractivity contribution in [3.63, 3.8) is 0 Å². The van der Waals surface area contributed by atoms with Crippen LogP contribution in [0.25, 0.3) is 0 Å². The third-order valence-electron chi connectivity index (χ3n) is 5.35. The molecule has 29 heavy (non-hydrogen) atoms. The Balaban J connectivity index is 1.34. The summed E-state index contributed by atoms with van der Waals surface area (Å²) in [4.78, 5) is 32.8. The van der Waals surface area contributed by atoms with Crippen molar-refractivity contribution in [3.05, 3.63) is 59.9 Å². The Morgan fingerprint density at radius 3 is 2.62 bits per heavy atom. The van der Waals surface area contributed by atoms with Crippen LogP contribution in [0.2, 0.25) is 0 Å². The number of aryl methyl sites for hydroxylation is 1. The number of nitrogens with zero attached hydrogens (tertiary/aromatic N) is 3.